The van der Waals surface area contributed by atoms with Gasteiger partial charge in [0.15, 0.2) is 0 Å². The molecule has 2 saturated heterocycles. The van der Waals surface area contributed by atoms with Crippen LogP contribution in [0.5, 0.6) is 0 Å². The largest absolute Gasteiger partial charge is 0.379 e. The van der Waals surface area contributed by atoms with Gasteiger partial charge in [-0.25, -0.2) is 0 Å². The fraction of sp³-hybridized carbons (Fsp3) is 1.00. The SMILES string of the molecule is CCCCCCCCC(CCOCC1CO1)C(OC)(OC)OC.CCCCCCCCC(CCOCC1CO1)C(OCC)(OCC)OCC. The highest BCUT2D eigenvalue weighted by atomic mass is 16.9. The number of methoxy groups -OCH3 is 3. The summed E-state index contributed by atoms with van der Waals surface area (Å²) in [5.74, 6) is -1.58. The van der Waals surface area contributed by atoms with Gasteiger partial charge < -0.3 is 47.4 Å². The van der Waals surface area contributed by atoms with Crippen LogP contribution in [0.2, 0.25) is 0 Å². The van der Waals surface area contributed by atoms with Crippen molar-refractivity contribution >= 4 is 0 Å². The number of unbranched alkanes of at least 4 members (excludes halogenated alkanes) is 10. The molecule has 0 aromatic carbocycles. The van der Waals surface area contributed by atoms with Crippen LogP contribution in [0.25, 0.3) is 0 Å². The second-order valence-corrected chi connectivity index (χ2v) is 13.3. The summed E-state index contributed by atoms with van der Waals surface area (Å²) in [5, 5.41) is 0. The Balaban J connectivity index is 0.000000494. The van der Waals surface area contributed by atoms with Crippen LogP contribution in [-0.2, 0) is 47.4 Å². The summed E-state index contributed by atoms with van der Waals surface area (Å²) in [6.45, 7) is 16.6. The zero-order valence-electron chi connectivity index (χ0n) is 33.1. The molecular formula is C39H78O10. The second-order valence-electron chi connectivity index (χ2n) is 13.3. The molecule has 0 aromatic heterocycles. The van der Waals surface area contributed by atoms with Crippen molar-refractivity contribution in [3.05, 3.63) is 0 Å². The van der Waals surface area contributed by atoms with Crippen molar-refractivity contribution in [2.75, 3.05) is 80.8 Å². The van der Waals surface area contributed by atoms with E-state index in [1.807, 2.05) is 20.8 Å². The van der Waals surface area contributed by atoms with Crippen LogP contribution >= 0.6 is 0 Å². The van der Waals surface area contributed by atoms with Crippen molar-refractivity contribution in [3.8, 4) is 0 Å². The molecule has 0 saturated carbocycles. The van der Waals surface area contributed by atoms with E-state index in [-0.39, 0.29) is 11.8 Å². The van der Waals surface area contributed by atoms with Gasteiger partial charge in [0.2, 0.25) is 0 Å². The molecule has 49 heavy (non-hydrogen) atoms. The van der Waals surface area contributed by atoms with E-state index in [0.717, 1.165) is 45.3 Å². The van der Waals surface area contributed by atoms with Crippen LogP contribution < -0.4 is 0 Å². The van der Waals surface area contributed by atoms with Crippen molar-refractivity contribution < 1.29 is 47.4 Å². The van der Waals surface area contributed by atoms with Crippen molar-refractivity contribution in [2.45, 2.75) is 162 Å². The van der Waals surface area contributed by atoms with Crippen LogP contribution in [0.15, 0.2) is 0 Å². The fourth-order valence-corrected chi connectivity index (χ4v) is 6.38. The number of epoxide rings is 2. The van der Waals surface area contributed by atoms with E-state index in [1.54, 1.807) is 21.3 Å². The van der Waals surface area contributed by atoms with Gasteiger partial charge in [0.1, 0.15) is 12.2 Å². The maximum absolute atomic E-state index is 6.03. The number of hydrogen-bond acceptors (Lipinski definition) is 10. The molecular weight excluding hydrogens is 628 g/mol. The minimum atomic E-state index is -0.969. The second kappa shape index (κ2) is 30.1. The van der Waals surface area contributed by atoms with Crippen molar-refractivity contribution in [2.24, 2.45) is 11.8 Å². The summed E-state index contributed by atoms with van der Waals surface area (Å²) in [4.78, 5) is 0. The molecule has 0 aromatic rings. The monoisotopic (exact) mass is 707 g/mol. The Bertz CT molecular complexity index is 689. The average Bonchev–Trinajstić information content (AvgIpc) is 4.05. The van der Waals surface area contributed by atoms with Crippen LogP contribution in [-0.4, -0.2) is 105 Å². The third kappa shape index (κ3) is 21.0. The average molecular weight is 707 g/mol. The molecule has 2 aliphatic rings. The smallest absolute Gasteiger partial charge is 0.285 e. The first-order valence-corrected chi connectivity index (χ1v) is 19.9. The van der Waals surface area contributed by atoms with Crippen LogP contribution in [0, 0.1) is 11.8 Å². The maximum atomic E-state index is 6.03. The van der Waals surface area contributed by atoms with Gasteiger partial charge in [-0.05, 0) is 46.5 Å². The Morgan fingerprint density at radius 1 is 0.490 bits per heavy atom. The Morgan fingerprint density at radius 3 is 1.16 bits per heavy atom. The molecule has 2 heterocycles. The standard InChI is InChI=1S/C21H42O5.C18H36O5/c1-5-9-10-11-12-13-14-19(15-16-22-17-20-18-23-20)21(24-6-2,25-7-3)26-8-4;1-5-6-7-8-9-10-11-16(18(19-2,20-3)21-4)12-13-22-14-17-15-23-17/h19-20H,5-18H2,1-4H3;16-17H,5-15H2,1-4H3. The van der Waals surface area contributed by atoms with E-state index in [4.69, 9.17) is 47.4 Å². The summed E-state index contributed by atoms with van der Waals surface area (Å²) < 4.78 is 56.6. The van der Waals surface area contributed by atoms with Gasteiger partial charge in [0.05, 0.1) is 26.4 Å². The van der Waals surface area contributed by atoms with Gasteiger partial charge >= 0.3 is 0 Å². The molecule has 4 unspecified atom stereocenters. The number of ether oxygens (including phenoxy) is 10. The first-order chi connectivity index (χ1) is 23.9. The lowest BCUT2D eigenvalue weighted by Gasteiger charge is -2.39. The summed E-state index contributed by atoms with van der Waals surface area (Å²) in [5.41, 5.74) is 0. The Kier molecular flexibility index (Phi) is 28.6. The van der Waals surface area contributed by atoms with E-state index in [1.165, 1.54) is 70.6 Å². The highest BCUT2D eigenvalue weighted by Gasteiger charge is 2.42. The molecule has 10 heteroatoms. The summed E-state index contributed by atoms with van der Waals surface area (Å²) in [6, 6.07) is 0. The van der Waals surface area contributed by atoms with Crippen LogP contribution in [0.1, 0.15) is 137 Å². The molecule has 294 valence electrons. The molecule has 4 atom stereocenters. The first kappa shape index (κ1) is 46.6. The van der Waals surface area contributed by atoms with E-state index >= 15 is 0 Å². The molecule has 10 nitrogen and oxygen atoms in total. The molecule has 2 rings (SSSR count). The van der Waals surface area contributed by atoms with Crippen molar-refractivity contribution in [3.63, 3.8) is 0 Å². The normalized spacial score (nSPS) is 18.6. The van der Waals surface area contributed by atoms with E-state index in [9.17, 15) is 0 Å². The lowest BCUT2D eigenvalue weighted by atomic mass is 9.94. The number of hydrogen-bond donors (Lipinski definition) is 0. The third-order valence-corrected chi connectivity index (χ3v) is 9.34. The van der Waals surface area contributed by atoms with E-state index in [0.29, 0.717) is 58.5 Å². The van der Waals surface area contributed by atoms with Gasteiger partial charge in [-0.15, -0.1) is 0 Å². The lowest BCUT2D eigenvalue weighted by molar-refractivity contribution is -0.403. The zero-order valence-corrected chi connectivity index (χ0v) is 33.1. The van der Waals surface area contributed by atoms with Gasteiger partial charge in [-0.3, -0.25) is 0 Å². The molecule has 2 aliphatic heterocycles. The van der Waals surface area contributed by atoms with Gasteiger partial charge in [-0.1, -0.05) is 90.9 Å². The predicted octanol–water partition coefficient (Wildman–Crippen LogP) is 8.67. The minimum Gasteiger partial charge on any atom is -0.379 e. The predicted molar refractivity (Wildman–Crippen MR) is 195 cm³/mol. The summed E-state index contributed by atoms with van der Waals surface area (Å²) >= 11 is 0. The Labute approximate surface area is 301 Å². The van der Waals surface area contributed by atoms with Gasteiger partial charge in [0.25, 0.3) is 11.9 Å². The van der Waals surface area contributed by atoms with Gasteiger partial charge in [-0.2, -0.15) is 0 Å². The summed E-state index contributed by atoms with van der Waals surface area (Å²) in [7, 11) is 4.92. The molecule has 0 aliphatic carbocycles. The lowest BCUT2D eigenvalue weighted by Crippen LogP contribution is -2.47. The Morgan fingerprint density at radius 2 is 0.837 bits per heavy atom. The van der Waals surface area contributed by atoms with Crippen LogP contribution in [0.4, 0.5) is 0 Å². The number of rotatable bonds is 35. The van der Waals surface area contributed by atoms with Crippen molar-refractivity contribution in [1.29, 1.82) is 0 Å². The topological polar surface area (TPSA) is 98.9 Å². The minimum absolute atomic E-state index is 0.161. The Hall–Kier alpha value is -0.400. The molecule has 0 bridgehead atoms. The molecule has 0 radical (unpaired) electrons. The first-order valence-electron chi connectivity index (χ1n) is 19.9. The quantitative estimate of drug-likeness (QED) is 0.0362. The molecule has 0 amide bonds. The molecule has 0 spiro atoms. The van der Waals surface area contributed by atoms with E-state index < -0.39 is 11.9 Å². The third-order valence-electron chi connectivity index (χ3n) is 9.34. The molecule has 2 fully saturated rings. The zero-order chi connectivity index (χ0) is 36.1. The summed E-state index contributed by atoms with van der Waals surface area (Å²) in [6.07, 6.45) is 19.8. The van der Waals surface area contributed by atoms with E-state index in [2.05, 4.69) is 13.8 Å². The maximum Gasteiger partial charge on any atom is 0.285 e. The fourth-order valence-electron chi connectivity index (χ4n) is 6.38. The van der Waals surface area contributed by atoms with Crippen LogP contribution in [0.3, 0.4) is 0 Å². The highest BCUT2D eigenvalue weighted by molar-refractivity contribution is 4.75. The van der Waals surface area contributed by atoms with Crippen molar-refractivity contribution in [1.82, 2.24) is 0 Å². The van der Waals surface area contributed by atoms with Gasteiger partial charge in [0, 0.05) is 66.2 Å². The molecule has 0 N–H and O–H groups in total. The highest BCUT2D eigenvalue weighted by Crippen LogP contribution is 2.34.